The molecule has 0 aliphatic carbocycles. The molecule has 4 rings (SSSR count). The topological polar surface area (TPSA) is 0 Å². The van der Waals surface area contributed by atoms with E-state index in [2.05, 4.69) is 55.5 Å². The highest BCUT2D eigenvalue weighted by molar-refractivity contribution is 6.23. The molecule has 0 aliphatic rings. The van der Waals surface area contributed by atoms with E-state index in [4.69, 9.17) is 0 Å². The van der Waals surface area contributed by atoms with E-state index in [1.807, 2.05) is 6.07 Å². The lowest BCUT2D eigenvalue weighted by Gasteiger charge is -2.12. The van der Waals surface area contributed by atoms with Crippen molar-refractivity contribution in [1.29, 1.82) is 0 Å². The van der Waals surface area contributed by atoms with Crippen molar-refractivity contribution in [3.8, 4) is 0 Å². The van der Waals surface area contributed by atoms with Gasteiger partial charge < -0.3 is 0 Å². The molecule has 0 heterocycles. The first-order valence-electron chi connectivity index (χ1n) is 5.89. The summed E-state index contributed by atoms with van der Waals surface area (Å²) in [7, 11) is 0. The minimum absolute atomic E-state index is 1.21. The minimum Gasteiger partial charge on any atom is -0.0610 e. The third-order valence-electron chi connectivity index (χ3n) is 3.63. The van der Waals surface area contributed by atoms with Crippen LogP contribution in [0.15, 0.2) is 48.5 Å². The van der Waals surface area contributed by atoms with Gasteiger partial charge >= 0.3 is 0 Å². The molecular formula is C17H11. The maximum Gasteiger partial charge on any atom is -0.00204 e. The van der Waals surface area contributed by atoms with Crippen molar-refractivity contribution in [2.75, 3.05) is 0 Å². The molecule has 0 saturated carbocycles. The monoisotopic (exact) mass is 215 g/mol. The van der Waals surface area contributed by atoms with Gasteiger partial charge in [-0.25, -0.2) is 0 Å². The molecule has 0 nitrogen and oxygen atoms in total. The van der Waals surface area contributed by atoms with Crippen LogP contribution in [0.2, 0.25) is 0 Å². The molecule has 0 spiro atoms. The Morgan fingerprint density at radius 3 is 2.76 bits per heavy atom. The van der Waals surface area contributed by atoms with E-state index in [1.54, 1.807) is 0 Å². The first kappa shape index (κ1) is 9.00. The molecule has 0 saturated heterocycles. The normalized spacial score (nSPS) is 11.8. The molecular weight excluding hydrogens is 204 g/mol. The van der Waals surface area contributed by atoms with Crippen molar-refractivity contribution in [2.24, 2.45) is 0 Å². The Morgan fingerprint density at radius 2 is 1.82 bits per heavy atom. The highest BCUT2D eigenvalue weighted by Crippen LogP contribution is 2.35. The second-order valence-electron chi connectivity index (χ2n) is 4.65. The summed E-state index contributed by atoms with van der Waals surface area (Å²) in [5.41, 5.74) is 1.35. The fourth-order valence-electron chi connectivity index (χ4n) is 2.86. The highest BCUT2D eigenvalue weighted by atomic mass is 14.1. The lowest BCUT2D eigenvalue weighted by Crippen LogP contribution is -1.86. The first-order valence-corrected chi connectivity index (χ1v) is 5.89. The zero-order valence-electron chi connectivity index (χ0n) is 9.62. The summed E-state index contributed by atoms with van der Waals surface area (Å²) in [5, 5.41) is 7.96. The Bertz CT molecular complexity index is 840. The lowest BCUT2D eigenvalue weighted by molar-refractivity contribution is 1.56. The molecule has 0 aromatic heterocycles. The van der Waals surface area contributed by atoms with E-state index in [0.717, 1.165) is 0 Å². The van der Waals surface area contributed by atoms with Crippen LogP contribution in [0.4, 0.5) is 0 Å². The summed E-state index contributed by atoms with van der Waals surface area (Å²) < 4.78 is 0. The Balaban J connectivity index is 2.50. The smallest absolute Gasteiger partial charge is 0.00204 e. The van der Waals surface area contributed by atoms with Gasteiger partial charge in [0.25, 0.3) is 0 Å². The Morgan fingerprint density at radius 1 is 0.882 bits per heavy atom. The number of benzene rings is 4. The van der Waals surface area contributed by atoms with Gasteiger partial charge in [0.2, 0.25) is 0 Å². The van der Waals surface area contributed by atoms with Gasteiger partial charge in [-0.3, -0.25) is 0 Å². The van der Waals surface area contributed by atoms with Gasteiger partial charge in [0.05, 0.1) is 0 Å². The summed E-state index contributed by atoms with van der Waals surface area (Å²) in [5.74, 6) is 0. The van der Waals surface area contributed by atoms with Crippen LogP contribution in [-0.2, 0) is 0 Å². The lowest BCUT2D eigenvalue weighted by atomic mass is 9.92. The summed E-state index contributed by atoms with van der Waals surface area (Å²) in [6.45, 7) is 2.19. The molecule has 4 aromatic carbocycles. The van der Waals surface area contributed by atoms with Crippen molar-refractivity contribution in [3.05, 3.63) is 60.2 Å². The van der Waals surface area contributed by atoms with Crippen LogP contribution in [0.5, 0.6) is 0 Å². The molecule has 17 heavy (non-hydrogen) atoms. The van der Waals surface area contributed by atoms with E-state index in [1.165, 1.54) is 37.9 Å². The molecule has 0 heteroatoms. The first-order chi connectivity index (χ1) is 8.34. The molecule has 0 aliphatic heterocycles. The Hall–Kier alpha value is -2.08. The number of hydrogen-bond acceptors (Lipinski definition) is 0. The third kappa shape index (κ3) is 1.07. The zero-order valence-corrected chi connectivity index (χ0v) is 9.62. The fraction of sp³-hybridized carbons (Fsp3) is 0.0588. The summed E-state index contributed by atoms with van der Waals surface area (Å²) >= 11 is 0. The quantitative estimate of drug-likeness (QED) is 0.373. The third-order valence-corrected chi connectivity index (χ3v) is 3.63. The van der Waals surface area contributed by atoms with Crippen LogP contribution in [-0.4, -0.2) is 0 Å². The Kier molecular flexibility index (Phi) is 1.58. The summed E-state index contributed by atoms with van der Waals surface area (Å²) in [6.07, 6.45) is 0. The van der Waals surface area contributed by atoms with E-state index >= 15 is 0 Å². The van der Waals surface area contributed by atoms with Gasteiger partial charge in [-0.15, -0.1) is 0 Å². The van der Waals surface area contributed by atoms with Gasteiger partial charge in [0, 0.05) is 0 Å². The Labute approximate surface area is 99.8 Å². The molecule has 0 fully saturated rings. The van der Waals surface area contributed by atoms with E-state index in [-0.39, 0.29) is 0 Å². The van der Waals surface area contributed by atoms with Crippen LogP contribution >= 0.6 is 0 Å². The number of rotatable bonds is 0. The zero-order chi connectivity index (χ0) is 11.4. The molecule has 0 unspecified atom stereocenters. The van der Waals surface area contributed by atoms with Gasteiger partial charge in [-0.1, -0.05) is 48.5 Å². The second kappa shape index (κ2) is 2.98. The molecule has 0 atom stereocenters. The molecule has 0 bridgehead atoms. The average Bonchev–Trinajstić information content (AvgIpc) is 2.37. The van der Waals surface area contributed by atoms with Gasteiger partial charge in [0.15, 0.2) is 0 Å². The highest BCUT2D eigenvalue weighted by Gasteiger charge is 2.08. The van der Waals surface area contributed by atoms with E-state index < -0.39 is 0 Å². The van der Waals surface area contributed by atoms with Crippen LogP contribution < -0.4 is 0 Å². The van der Waals surface area contributed by atoms with Crippen LogP contribution in [0.3, 0.4) is 0 Å². The second-order valence-corrected chi connectivity index (χ2v) is 4.65. The number of aryl methyl sites for hydroxylation is 1. The average molecular weight is 215 g/mol. The summed E-state index contributed by atoms with van der Waals surface area (Å²) in [4.78, 5) is 0. The number of hydrogen-bond donors (Lipinski definition) is 0. The van der Waals surface area contributed by atoms with Crippen LogP contribution in [0.25, 0.3) is 32.3 Å². The molecule has 1 radical (unpaired) electrons. The SMILES string of the molecule is Cc1cc2cc[c]c3ccc4cccc1c4c32. The van der Waals surface area contributed by atoms with Crippen LogP contribution in [0.1, 0.15) is 5.56 Å². The van der Waals surface area contributed by atoms with Crippen LogP contribution in [0, 0.1) is 13.0 Å². The molecule has 79 valence electrons. The molecule has 4 aromatic rings. The minimum atomic E-state index is 1.21. The standard InChI is InChI=1S/C17H11/c1-11-10-14-6-2-4-12-8-9-13-5-3-7-15(11)17(13)16(12)14/h2-3,5-10H,1H3. The van der Waals surface area contributed by atoms with Crippen molar-refractivity contribution >= 4 is 32.3 Å². The molecule has 0 amide bonds. The largest absolute Gasteiger partial charge is 0.0610 e. The van der Waals surface area contributed by atoms with Gasteiger partial charge in [-0.05, 0) is 50.9 Å². The van der Waals surface area contributed by atoms with Crippen molar-refractivity contribution < 1.29 is 0 Å². The van der Waals surface area contributed by atoms with Crippen molar-refractivity contribution in [2.45, 2.75) is 6.92 Å². The van der Waals surface area contributed by atoms with Crippen molar-refractivity contribution in [3.63, 3.8) is 0 Å². The van der Waals surface area contributed by atoms with Crippen molar-refractivity contribution in [1.82, 2.24) is 0 Å². The molecule has 0 N–H and O–H groups in total. The maximum atomic E-state index is 3.33. The van der Waals surface area contributed by atoms with Gasteiger partial charge in [0.1, 0.15) is 0 Å². The predicted octanol–water partition coefficient (Wildman–Crippen LogP) is 4.69. The van der Waals surface area contributed by atoms with E-state index in [0.29, 0.717) is 0 Å². The summed E-state index contributed by atoms with van der Waals surface area (Å²) in [6, 6.07) is 20.7. The van der Waals surface area contributed by atoms with E-state index in [9.17, 15) is 0 Å². The predicted molar refractivity (Wildman–Crippen MR) is 73.7 cm³/mol. The maximum absolute atomic E-state index is 3.33. The fourth-order valence-corrected chi connectivity index (χ4v) is 2.86. The van der Waals surface area contributed by atoms with Gasteiger partial charge in [-0.2, -0.15) is 0 Å².